The normalized spacial score (nSPS) is 15.2. The van der Waals surface area contributed by atoms with Gasteiger partial charge in [-0.25, -0.2) is 4.79 Å². The fraction of sp³-hybridized carbons (Fsp3) is 0.286. The van der Waals surface area contributed by atoms with Gasteiger partial charge >= 0.3 is 5.97 Å². The quantitative estimate of drug-likeness (QED) is 0.933. The molecule has 2 heterocycles. The summed E-state index contributed by atoms with van der Waals surface area (Å²) < 4.78 is 0. The number of fused-ring (bicyclic) bond motifs is 1. The maximum absolute atomic E-state index is 11.0. The summed E-state index contributed by atoms with van der Waals surface area (Å²) in [6, 6.07) is 5.44. The van der Waals surface area contributed by atoms with Crippen LogP contribution in [-0.2, 0) is 19.5 Å². The first kappa shape index (κ1) is 12.3. The predicted octanol–water partition coefficient (Wildman–Crippen LogP) is 2.40. The van der Waals surface area contributed by atoms with Crippen molar-refractivity contribution in [3.05, 3.63) is 51.5 Å². The van der Waals surface area contributed by atoms with Gasteiger partial charge in [0.2, 0.25) is 0 Å². The van der Waals surface area contributed by atoms with E-state index in [-0.39, 0.29) is 0 Å². The Labute approximate surface area is 115 Å². The molecule has 2 aromatic rings. The van der Waals surface area contributed by atoms with Crippen LogP contribution in [0.5, 0.6) is 0 Å². The van der Waals surface area contributed by atoms with E-state index in [0.29, 0.717) is 5.56 Å². The van der Waals surface area contributed by atoms with E-state index in [4.69, 9.17) is 5.11 Å². The molecule has 0 atom stereocenters. The number of aromatic carboxylic acids is 1. The largest absolute Gasteiger partial charge is 0.478 e. The Morgan fingerprint density at radius 2 is 2.32 bits per heavy atom. The molecule has 0 saturated heterocycles. The number of nitrogens with zero attached hydrogens (tertiary/aromatic N) is 2. The van der Waals surface area contributed by atoms with Gasteiger partial charge < -0.3 is 5.11 Å². The van der Waals surface area contributed by atoms with Gasteiger partial charge in [0, 0.05) is 30.7 Å². The van der Waals surface area contributed by atoms with Gasteiger partial charge in [-0.05, 0) is 29.7 Å². The number of rotatable bonds is 3. The van der Waals surface area contributed by atoms with Crippen molar-refractivity contribution in [2.75, 3.05) is 6.54 Å². The van der Waals surface area contributed by atoms with E-state index in [1.165, 1.54) is 10.4 Å². The molecular weight excluding hydrogens is 260 g/mol. The van der Waals surface area contributed by atoms with Crippen LogP contribution in [0, 0.1) is 0 Å². The lowest BCUT2D eigenvalue weighted by Crippen LogP contribution is -2.30. The maximum Gasteiger partial charge on any atom is 0.335 e. The Balaban J connectivity index is 1.78. The second-order valence-corrected chi connectivity index (χ2v) is 5.69. The SMILES string of the molecule is O=C(O)c1ccc2c(c1)CN(Cc1cncs1)CC2. The number of aromatic nitrogens is 1. The number of thiazole rings is 1. The average Bonchev–Trinajstić information content (AvgIpc) is 2.90. The number of carboxylic acid groups (broad SMARTS) is 1. The van der Waals surface area contributed by atoms with Crippen LogP contribution in [0.25, 0.3) is 0 Å². The second-order valence-electron chi connectivity index (χ2n) is 4.72. The molecule has 19 heavy (non-hydrogen) atoms. The number of carbonyl (C=O) groups is 1. The summed E-state index contributed by atoms with van der Waals surface area (Å²) in [6.07, 6.45) is 2.88. The summed E-state index contributed by atoms with van der Waals surface area (Å²) in [7, 11) is 0. The van der Waals surface area contributed by atoms with Gasteiger partial charge in [-0.1, -0.05) is 6.07 Å². The summed E-state index contributed by atoms with van der Waals surface area (Å²) in [4.78, 5) is 18.7. The lowest BCUT2D eigenvalue weighted by atomic mass is 9.97. The molecule has 3 rings (SSSR count). The highest BCUT2D eigenvalue weighted by Gasteiger charge is 2.18. The van der Waals surface area contributed by atoms with E-state index < -0.39 is 5.97 Å². The van der Waals surface area contributed by atoms with Crippen LogP contribution in [0.1, 0.15) is 26.4 Å². The van der Waals surface area contributed by atoms with Crippen molar-refractivity contribution < 1.29 is 9.90 Å². The first-order chi connectivity index (χ1) is 9.22. The van der Waals surface area contributed by atoms with E-state index in [1.54, 1.807) is 23.5 Å². The van der Waals surface area contributed by atoms with Crippen LogP contribution in [0.2, 0.25) is 0 Å². The molecule has 0 amide bonds. The van der Waals surface area contributed by atoms with Crippen LogP contribution < -0.4 is 0 Å². The minimum Gasteiger partial charge on any atom is -0.478 e. The molecule has 0 saturated carbocycles. The Kier molecular flexibility index (Phi) is 3.31. The van der Waals surface area contributed by atoms with Crippen LogP contribution in [0.3, 0.4) is 0 Å². The highest BCUT2D eigenvalue weighted by Crippen LogP contribution is 2.22. The topological polar surface area (TPSA) is 53.4 Å². The molecule has 1 aliphatic heterocycles. The first-order valence-electron chi connectivity index (χ1n) is 6.17. The van der Waals surface area contributed by atoms with Gasteiger partial charge in [-0.15, -0.1) is 11.3 Å². The first-order valence-corrected chi connectivity index (χ1v) is 7.05. The minimum absolute atomic E-state index is 0.374. The van der Waals surface area contributed by atoms with Gasteiger partial charge in [0.15, 0.2) is 0 Å². The van der Waals surface area contributed by atoms with Gasteiger partial charge in [-0.3, -0.25) is 9.88 Å². The molecule has 1 aromatic heterocycles. The maximum atomic E-state index is 11.0. The third-order valence-corrected chi connectivity index (χ3v) is 4.17. The minimum atomic E-state index is -0.859. The lowest BCUT2D eigenvalue weighted by Gasteiger charge is -2.28. The van der Waals surface area contributed by atoms with Gasteiger partial charge in [-0.2, -0.15) is 0 Å². The van der Waals surface area contributed by atoms with Crippen molar-refractivity contribution in [2.45, 2.75) is 19.5 Å². The zero-order valence-corrected chi connectivity index (χ0v) is 11.2. The summed E-state index contributed by atoms with van der Waals surface area (Å²) >= 11 is 1.66. The molecule has 98 valence electrons. The summed E-state index contributed by atoms with van der Waals surface area (Å²) in [5.41, 5.74) is 4.62. The highest BCUT2D eigenvalue weighted by atomic mass is 32.1. The Hall–Kier alpha value is -1.72. The van der Waals surface area contributed by atoms with Gasteiger partial charge in [0.05, 0.1) is 11.1 Å². The molecule has 1 aromatic carbocycles. The number of benzene rings is 1. The van der Waals surface area contributed by atoms with Crippen molar-refractivity contribution in [1.29, 1.82) is 0 Å². The lowest BCUT2D eigenvalue weighted by molar-refractivity contribution is 0.0696. The zero-order valence-electron chi connectivity index (χ0n) is 10.4. The van der Waals surface area contributed by atoms with Crippen molar-refractivity contribution in [3.63, 3.8) is 0 Å². The molecule has 4 nitrogen and oxygen atoms in total. The Morgan fingerprint density at radius 1 is 1.42 bits per heavy atom. The smallest absolute Gasteiger partial charge is 0.335 e. The van der Waals surface area contributed by atoms with E-state index >= 15 is 0 Å². The van der Waals surface area contributed by atoms with Crippen LogP contribution >= 0.6 is 11.3 Å². The molecule has 0 fully saturated rings. The monoisotopic (exact) mass is 274 g/mol. The molecule has 0 aliphatic carbocycles. The van der Waals surface area contributed by atoms with Crippen molar-refractivity contribution in [2.24, 2.45) is 0 Å². The summed E-state index contributed by atoms with van der Waals surface area (Å²) in [5.74, 6) is -0.859. The van der Waals surface area contributed by atoms with E-state index in [0.717, 1.165) is 31.6 Å². The number of hydrogen-bond donors (Lipinski definition) is 1. The molecule has 0 unspecified atom stereocenters. The highest BCUT2D eigenvalue weighted by molar-refractivity contribution is 7.09. The van der Waals surface area contributed by atoms with Crippen molar-refractivity contribution >= 4 is 17.3 Å². The Bertz CT molecular complexity index is 595. The molecule has 0 bridgehead atoms. The van der Waals surface area contributed by atoms with Crippen LogP contribution in [-0.4, -0.2) is 27.5 Å². The molecule has 0 spiro atoms. The van der Waals surface area contributed by atoms with E-state index in [2.05, 4.69) is 9.88 Å². The summed E-state index contributed by atoms with van der Waals surface area (Å²) in [6.45, 7) is 2.72. The zero-order chi connectivity index (χ0) is 13.2. The standard InChI is InChI=1S/C14H14N2O2S/c17-14(18)11-2-1-10-3-4-16(7-12(10)5-11)8-13-6-15-9-19-13/h1-2,5-6,9H,3-4,7-8H2,(H,17,18). The van der Waals surface area contributed by atoms with Gasteiger partial charge in [0.1, 0.15) is 0 Å². The van der Waals surface area contributed by atoms with Gasteiger partial charge in [0.25, 0.3) is 0 Å². The average molecular weight is 274 g/mol. The fourth-order valence-corrected chi connectivity index (χ4v) is 3.06. The van der Waals surface area contributed by atoms with Crippen molar-refractivity contribution in [1.82, 2.24) is 9.88 Å². The molecule has 0 radical (unpaired) electrons. The predicted molar refractivity (Wildman–Crippen MR) is 73.3 cm³/mol. The second kappa shape index (κ2) is 5.11. The molecular formula is C14H14N2O2S. The fourth-order valence-electron chi connectivity index (χ4n) is 2.42. The van der Waals surface area contributed by atoms with E-state index in [1.807, 2.05) is 17.8 Å². The molecule has 1 N–H and O–H groups in total. The van der Waals surface area contributed by atoms with E-state index in [9.17, 15) is 4.79 Å². The number of hydrogen-bond acceptors (Lipinski definition) is 4. The Morgan fingerprint density at radius 3 is 3.05 bits per heavy atom. The summed E-state index contributed by atoms with van der Waals surface area (Å²) in [5, 5.41) is 9.04. The van der Waals surface area contributed by atoms with Crippen molar-refractivity contribution in [3.8, 4) is 0 Å². The third kappa shape index (κ3) is 2.67. The van der Waals surface area contributed by atoms with Crippen LogP contribution in [0.15, 0.2) is 29.9 Å². The molecule has 5 heteroatoms. The molecule has 1 aliphatic rings. The number of carboxylic acids is 1. The van der Waals surface area contributed by atoms with Crippen LogP contribution in [0.4, 0.5) is 0 Å². The third-order valence-electron chi connectivity index (χ3n) is 3.41.